The van der Waals surface area contributed by atoms with Crippen LogP contribution in [0, 0.1) is 6.92 Å². The fourth-order valence-corrected chi connectivity index (χ4v) is 4.06. The largest absolute Gasteiger partial charge is 0.379 e. The van der Waals surface area contributed by atoms with E-state index in [1.807, 2.05) is 48.1 Å². The van der Waals surface area contributed by atoms with Gasteiger partial charge in [-0.25, -0.2) is 5.43 Å². The molecule has 0 radical (unpaired) electrons. The molecule has 4 aromatic rings. The van der Waals surface area contributed by atoms with Crippen molar-refractivity contribution in [2.45, 2.75) is 11.8 Å². The monoisotopic (exact) mass is 459 g/mol. The van der Waals surface area contributed by atoms with Gasteiger partial charge in [0, 0.05) is 12.4 Å². The zero-order valence-corrected chi connectivity index (χ0v) is 18.6. The summed E-state index contributed by atoms with van der Waals surface area (Å²) in [5, 5.41) is 4.01. The number of aromatic nitrogens is 1. The number of carbonyl (C=O) groups excluding carboxylic acids is 1. The lowest BCUT2D eigenvalue weighted by atomic mass is 10.1. The van der Waals surface area contributed by atoms with Crippen LogP contribution < -0.4 is 9.61 Å². The van der Waals surface area contributed by atoms with Gasteiger partial charge in [0.05, 0.1) is 17.5 Å². The van der Waals surface area contributed by atoms with Gasteiger partial charge in [-0.3, -0.25) is 4.79 Å². The Kier molecular flexibility index (Phi) is 6.37. The van der Waals surface area contributed by atoms with E-state index in [1.54, 1.807) is 36.4 Å². The third-order valence-corrected chi connectivity index (χ3v) is 6.05. The molecular weight excluding hydrogens is 438 g/mol. The van der Waals surface area contributed by atoms with Gasteiger partial charge in [-0.1, -0.05) is 42.0 Å². The fraction of sp³-hybridized carbons (Fsp3) is 0.0400. The maximum Gasteiger partial charge on any atom is 0.339 e. The number of nitrogens with one attached hydrogen (secondary N) is 1. The van der Waals surface area contributed by atoms with Crippen LogP contribution in [-0.2, 0) is 10.1 Å². The number of para-hydroxylation sites is 1. The first kappa shape index (κ1) is 22.0. The summed E-state index contributed by atoms with van der Waals surface area (Å²) < 4.78 is 32.1. The number of benzene rings is 3. The van der Waals surface area contributed by atoms with E-state index in [2.05, 4.69) is 10.5 Å². The van der Waals surface area contributed by atoms with E-state index < -0.39 is 10.1 Å². The quantitative estimate of drug-likeness (QED) is 0.253. The van der Waals surface area contributed by atoms with Crippen LogP contribution in [-0.4, -0.2) is 25.1 Å². The van der Waals surface area contributed by atoms with E-state index in [0.29, 0.717) is 11.1 Å². The summed E-state index contributed by atoms with van der Waals surface area (Å²) in [6, 6.07) is 23.8. The second kappa shape index (κ2) is 9.54. The van der Waals surface area contributed by atoms with Gasteiger partial charge in [-0.15, -0.1) is 0 Å². The summed E-state index contributed by atoms with van der Waals surface area (Å²) in [6.45, 7) is 1.87. The first-order valence-electron chi connectivity index (χ1n) is 10.1. The molecule has 0 bridgehead atoms. The van der Waals surface area contributed by atoms with E-state index in [0.717, 1.165) is 11.3 Å². The normalized spacial score (nSPS) is 11.4. The summed E-state index contributed by atoms with van der Waals surface area (Å²) in [7, 11) is -3.96. The smallest absolute Gasteiger partial charge is 0.339 e. The summed E-state index contributed by atoms with van der Waals surface area (Å²) in [6.07, 6.45) is 5.12. The number of nitrogens with zero attached hydrogens (tertiary/aromatic N) is 2. The zero-order chi connectivity index (χ0) is 23.3. The van der Waals surface area contributed by atoms with E-state index >= 15 is 0 Å². The Morgan fingerprint density at radius 2 is 1.67 bits per heavy atom. The van der Waals surface area contributed by atoms with Crippen LogP contribution in [0.2, 0.25) is 0 Å². The number of rotatable bonds is 7. The lowest BCUT2D eigenvalue weighted by molar-refractivity contribution is 0.0955. The van der Waals surface area contributed by atoms with Crippen LogP contribution in [0.4, 0.5) is 0 Å². The average molecular weight is 460 g/mol. The fourth-order valence-electron chi connectivity index (χ4n) is 3.14. The van der Waals surface area contributed by atoms with Crippen LogP contribution in [0.5, 0.6) is 5.75 Å². The third-order valence-electron chi connectivity index (χ3n) is 4.78. The topological polar surface area (TPSA) is 89.8 Å². The minimum atomic E-state index is -3.96. The van der Waals surface area contributed by atoms with Gasteiger partial charge >= 0.3 is 10.1 Å². The van der Waals surface area contributed by atoms with E-state index in [-0.39, 0.29) is 16.6 Å². The molecule has 8 heteroatoms. The first-order chi connectivity index (χ1) is 15.9. The zero-order valence-electron chi connectivity index (χ0n) is 17.8. The molecule has 3 aromatic carbocycles. The molecule has 0 unspecified atom stereocenters. The van der Waals surface area contributed by atoms with Crippen molar-refractivity contribution < 1.29 is 17.4 Å². The van der Waals surface area contributed by atoms with Gasteiger partial charge in [0.2, 0.25) is 0 Å². The molecule has 0 fully saturated rings. The van der Waals surface area contributed by atoms with Crippen molar-refractivity contribution in [2.75, 3.05) is 0 Å². The molecule has 1 N–H and O–H groups in total. The highest BCUT2D eigenvalue weighted by molar-refractivity contribution is 7.87. The maximum absolute atomic E-state index is 12.6. The number of hydrogen-bond donors (Lipinski definition) is 1. The highest BCUT2D eigenvalue weighted by Crippen LogP contribution is 2.20. The second-order valence-electron chi connectivity index (χ2n) is 7.23. The van der Waals surface area contributed by atoms with Crippen LogP contribution >= 0.6 is 0 Å². The Morgan fingerprint density at radius 3 is 2.42 bits per heavy atom. The highest BCUT2D eigenvalue weighted by atomic mass is 32.2. The molecule has 1 heterocycles. The molecular formula is C25H21N3O4S. The molecule has 7 nitrogen and oxygen atoms in total. The summed E-state index contributed by atoms with van der Waals surface area (Å²) in [5.41, 5.74) is 5.21. The van der Waals surface area contributed by atoms with Crippen LogP contribution in [0.25, 0.3) is 5.69 Å². The minimum Gasteiger partial charge on any atom is -0.379 e. The Labute approximate surface area is 192 Å². The van der Waals surface area contributed by atoms with Gasteiger partial charge < -0.3 is 8.75 Å². The Balaban J connectivity index is 1.45. The number of amides is 1. The van der Waals surface area contributed by atoms with E-state index in [4.69, 9.17) is 4.18 Å². The average Bonchev–Trinajstić information content (AvgIpc) is 3.34. The van der Waals surface area contributed by atoms with Crippen molar-refractivity contribution >= 4 is 22.2 Å². The molecule has 166 valence electrons. The van der Waals surface area contributed by atoms with Gasteiger partial charge in [-0.05, 0) is 61.0 Å². The molecule has 0 saturated heterocycles. The van der Waals surface area contributed by atoms with Gasteiger partial charge in [-0.2, -0.15) is 13.5 Å². The molecule has 0 atom stereocenters. The lowest BCUT2D eigenvalue weighted by Crippen LogP contribution is -2.19. The minimum absolute atomic E-state index is 0.0702. The molecule has 0 saturated carbocycles. The molecule has 0 aliphatic carbocycles. The third kappa shape index (κ3) is 5.36. The van der Waals surface area contributed by atoms with Crippen LogP contribution in [0.15, 0.2) is 107 Å². The van der Waals surface area contributed by atoms with Crippen LogP contribution in [0.1, 0.15) is 21.5 Å². The molecule has 0 aliphatic heterocycles. The van der Waals surface area contributed by atoms with Gasteiger partial charge in [0.25, 0.3) is 5.91 Å². The highest BCUT2D eigenvalue weighted by Gasteiger charge is 2.16. The van der Waals surface area contributed by atoms with E-state index in [1.165, 1.54) is 30.5 Å². The lowest BCUT2D eigenvalue weighted by Gasteiger charge is -2.09. The van der Waals surface area contributed by atoms with Crippen molar-refractivity contribution in [1.82, 2.24) is 9.99 Å². The van der Waals surface area contributed by atoms with E-state index in [9.17, 15) is 13.2 Å². The number of hydrazone groups is 1. The Hall–Kier alpha value is -4.17. The van der Waals surface area contributed by atoms with Gasteiger partial charge in [0.15, 0.2) is 0 Å². The van der Waals surface area contributed by atoms with Crippen molar-refractivity contribution in [1.29, 1.82) is 0 Å². The molecule has 0 aliphatic rings. The van der Waals surface area contributed by atoms with Crippen molar-refractivity contribution in [3.63, 3.8) is 0 Å². The predicted molar refractivity (Wildman–Crippen MR) is 126 cm³/mol. The molecule has 0 spiro atoms. The SMILES string of the molecule is Cc1ccc(S(=O)(=O)Oc2cccc(/C=N\NC(=O)c3ccccc3-n3cccc3)c2)cc1. The summed E-state index contributed by atoms with van der Waals surface area (Å²) in [5.74, 6) is -0.228. The first-order valence-corrected chi connectivity index (χ1v) is 11.5. The second-order valence-corrected chi connectivity index (χ2v) is 8.78. The van der Waals surface area contributed by atoms with Gasteiger partial charge in [0.1, 0.15) is 10.6 Å². The van der Waals surface area contributed by atoms with Crippen molar-refractivity contribution in [3.05, 3.63) is 114 Å². The standard InChI is InChI=1S/C25H21N3O4S/c1-19-11-13-22(14-12-19)33(30,31)32-21-8-6-7-20(17-21)18-26-27-25(29)23-9-2-3-10-24(23)28-15-4-5-16-28/h2-18H,1H3,(H,27,29)/b26-18-. The molecule has 4 rings (SSSR count). The van der Waals surface area contributed by atoms with Crippen molar-refractivity contribution in [2.24, 2.45) is 5.10 Å². The van der Waals surface area contributed by atoms with Crippen LogP contribution in [0.3, 0.4) is 0 Å². The predicted octanol–water partition coefficient (Wildman–Crippen LogP) is 4.32. The summed E-state index contributed by atoms with van der Waals surface area (Å²) in [4.78, 5) is 12.7. The number of aryl methyl sites for hydroxylation is 1. The van der Waals surface area contributed by atoms with Crippen molar-refractivity contribution in [3.8, 4) is 11.4 Å². The Morgan fingerprint density at radius 1 is 0.939 bits per heavy atom. The number of hydrogen-bond acceptors (Lipinski definition) is 5. The Bertz CT molecular complexity index is 1390. The maximum atomic E-state index is 12.6. The summed E-state index contributed by atoms with van der Waals surface area (Å²) >= 11 is 0. The molecule has 1 amide bonds. The molecule has 1 aromatic heterocycles. The molecule has 33 heavy (non-hydrogen) atoms. The number of carbonyl (C=O) groups is 1.